The monoisotopic (exact) mass is 549 g/mol. The van der Waals surface area contributed by atoms with E-state index in [1.807, 2.05) is 13.8 Å². The molecule has 2 aliphatic heterocycles. The highest BCUT2D eigenvalue weighted by atomic mass is 32.2. The molecule has 0 saturated carbocycles. The summed E-state index contributed by atoms with van der Waals surface area (Å²) in [5.41, 5.74) is 3.04. The summed E-state index contributed by atoms with van der Waals surface area (Å²) in [7, 11) is -4.22. The Morgan fingerprint density at radius 3 is 2.62 bits per heavy atom. The van der Waals surface area contributed by atoms with Gasteiger partial charge in [-0.1, -0.05) is 17.4 Å². The normalized spacial score (nSPS) is 19.5. The number of hydrogen-bond acceptors (Lipinski definition) is 6. The van der Waals surface area contributed by atoms with Gasteiger partial charge in [-0.2, -0.15) is 4.31 Å². The summed E-state index contributed by atoms with van der Waals surface area (Å²) in [4.78, 5) is 19.6. The Labute approximate surface area is 219 Å². The number of aryl methyl sites for hydroxylation is 2. The van der Waals surface area contributed by atoms with Gasteiger partial charge in [-0.25, -0.2) is 22.2 Å². The largest absolute Gasteiger partial charge is 0.376 e. The molecular formula is C26H29F2N3O4S2. The molecule has 0 bridgehead atoms. The van der Waals surface area contributed by atoms with Gasteiger partial charge in [0, 0.05) is 25.6 Å². The van der Waals surface area contributed by atoms with Crippen molar-refractivity contribution in [2.24, 2.45) is 5.92 Å². The van der Waals surface area contributed by atoms with E-state index >= 15 is 0 Å². The number of nitrogens with zero attached hydrogens (tertiary/aromatic N) is 3. The van der Waals surface area contributed by atoms with Crippen molar-refractivity contribution < 1.29 is 26.7 Å². The number of amides is 1. The fraction of sp³-hybridized carbons (Fsp3) is 0.462. The molecule has 3 heterocycles. The van der Waals surface area contributed by atoms with Gasteiger partial charge in [0.1, 0.15) is 16.5 Å². The van der Waals surface area contributed by atoms with Crippen molar-refractivity contribution in [1.82, 2.24) is 9.29 Å². The molecule has 2 aromatic carbocycles. The number of sulfonamides is 1. The molecule has 7 nitrogen and oxygen atoms in total. The van der Waals surface area contributed by atoms with Crippen molar-refractivity contribution in [3.8, 4) is 0 Å². The lowest BCUT2D eigenvalue weighted by Crippen LogP contribution is -2.46. The second-order valence-corrected chi connectivity index (χ2v) is 12.7. The third-order valence-electron chi connectivity index (χ3n) is 7.04. The van der Waals surface area contributed by atoms with E-state index in [9.17, 15) is 22.0 Å². The highest BCUT2D eigenvalue weighted by molar-refractivity contribution is 7.89. The highest BCUT2D eigenvalue weighted by Crippen LogP contribution is 2.35. The van der Waals surface area contributed by atoms with Gasteiger partial charge in [-0.05, 0) is 74.9 Å². The molecular weight excluding hydrogens is 520 g/mol. The number of anilines is 1. The second kappa shape index (κ2) is 10.4. The van der Waals surface area contributed by atoms with Crippen LogP contribution in [0.25, 0.3) is 10.2 Å². The number of carbonyl (C=O) groups is 1. The first-order valence-corrected chi connectivity index (χ1v) is 14.6. The number of carbonyl (C=O) groups excluding carboxylic acids is 1. The van der Waals surface area contributed by atoms with Crippen molar-refractivity contribution >= 4 is 42.6 Å². The van der Waals surface area contributed by atoms with Crippen LogP contribution in [0, 0.1) is 31.4 Å². The van der Waals surface area contributed by atoms with Gasteiger partial charge in [0.2, 0.25) is 15.9 Å². The fourth-order valence-corrected chi connectivity index (χ4v) is 7.81. The van der Waals surface area contributed by atoms with Gasteiger partial charge in [-0.15, -0.1) is 0 Å². The van der Waals surface area contributed by atoms with E-state index in [2.05, 4.69) is 12.1 Å². The van der Waals surface area contributed by atoms with E-state index < -0.39 is 32.5 Å². The van der Waals surface area contributed by atoms with Gasteiger partial charge in [-0.3, -0.25) is 9.69 Å². The van der Waals surface area contributed by atoms with E-state index in [0.29, 0.717) is 24.3 Å². The minimum Gasteiger partial charge on any atom is -0.376 e. The molecule has 0 spiro atoms. The molecule has 37 heavy (non-hydrogen) atoms. The van der Waals surface area contributed by atoms with Gasteiger partial charge < -0.3 is 4.74 Å². The van der Waals surface area contributed by atoms with Crippen LogP contribution in [0.15, 0.2) is 35.2 Å². The smallest absolute Gasteiger partial charge is 0.246 e. The molecule has 1 amide bonds. The minimum absolute atomic E-state index is 0.0423. The molecule has 5 rings (SSSR count). The fourth-order valence-electron chi connectivity index (χ4n) is 5.11. The summed E-state index contributed by atoms with van der Waals surface area (Å²) < 4.78 is 61.8. The van der Waals surface area contributed by atoms with Crippen LogP contribution in [-0.2, 0) is 19.6 Å². The standard InChI is InChI=1S/C26H29F2N3O4S2/c1-16-12-17(2)24-22(13-16)36-26(29-24)31(15-20-4-3-11-35-20)25(32)18-7-9-30(10-8-18)37(33,34)23-14-19(27)5-6-21(23)28/h5-6,12-14,18,20H,3-4,7-11,15H2,1-2H3. The maximum Gasteiger partial charge on any atom is 0.246 e. The van der Waals surface area contributed by atoms with Crippen molar-refractivity contribution in [3.63, 3.8) is 0 Å². The molecule has 1 atom stereocenters. The average molecular weight is 550 g/mol. The van der Waals surface area contributed by atoms with Crippen LogP contribution in [0.5, 0.6) is 0 Å². The van der Waals surface area contributed by atoms with E-state index in [1.165, 1.54) is 11.3 Å². The van der Waals surface area contributed by atoms with E-state index in [4.69, 9.17) is 9.72 Å². The number of thiazole rings is 1. The van der Waals surface area contributed by atoms with Gasteiger partial charge in [0.05, 0.1) is 22.9 Å². The number of fused-ring (bicyclic) bond motifs is 1. The lowest BCUT2D eigenvalue weighted by Gasteiger charge is -2.33. The van der Waals surface area contributed by atoms with Crippen LogP contribution in [0.3, 0.4) is 0 Å². The summed E-state index contributed by atoms with van der Waals surface area (Å²) in [5, 5.41) is 0.612. The molecule has 1 aromatic heterocycles. The zero-order chi connectivity index (χ0) is 26.3. The van der Waals surface area contributed by atoms with Crippen molar-refractivity contribution in [3.05, 3.63) is 53.1 Å². The Bertz CT molecular complexity index is 1430. The average Bonchev–Trinajstić information content (AvgIpc) is 3.53. The summed E-state index contributed by atoms with van der Waals surface area (Å²) in [6.07, 6.45) is 2.29. The van der Waals surface area contributed by atoms with Crippen LogP contribution in [0.2, 0.25) is 0 Å². The molecule has 2 fully saturated rings. The molecule has 1 unspecified atom stereocenters. The van der Waals surface area contributed by atoms with E-state index in [-0.39, 0.29) is 37.9 Å². The zero-order valence-corrected chi connectivity index (χ0v) is 22.4. The van der Waals surface area contributed by atoms with Gasteiger partial charge >= 0.3 is 0 Å². The number of ether oxygens (including phenoxy) is 1. The maximum absolute atomic E-state index is 14.2. The number of rotatable bonds is 6. The molecule has 2 aliphatic rings. The first kappa shape index (κ1) is 26.1. The van der Waals surface area contributed by atoms with E-state index in [0.717, 1.165) is 50.6 Å². The molecule has 198 valence electrons. The number of piperidine rings is 1. The third-order valence-corrected chi connectivity index (χ3v) is 9.98. The first-order chi connectivity index (χ1) is 17.6. The van der Waals surface area contributed by atoms with E-state index in [1.54, 1.807) is 4.90 Å². The number of aromatic nitrogens is 1. The third kappa shape index (κ3) is 5.27. The van der Waals surface area contributed by atoms with Crippen LogP contribution in [0.1, 0.15) is 36.8 Å². The highest BCUT2D eigenvalue weighted by Gasteiger charge is 2.37. The van der Waals surface area contributed by atoms with Crippen molar-refractivity contribution in [2.45, 2.75) is 50.5 Å². The Morgan fingerprint density at radius 2 is 1.92 bits per heavy atom. The Balaban J connectivity index is 1.36. The lowest BCUT2D eigenvalue weighted by atomic mass is 9.96. The van der Waals surface area contributed by atoms with Crippen molar-refractivity contribution in [1.29, 1.82) is 0 Å². The molecule has 3 aromatic rings. The summed E-state index contributed by atoms with van der Waals surface area (Å²) in [6.45, 7) is 5.17. The summed E-state index contributed by atoms with van der Waals surface area (Å²) >= 11 is 1.47. The zero-order valence-electron chi connectivity index (χ0n) is 20.7. The second-order valence-electron chi connectivity index (χ2n) is 9.76. The predicted octanol–water partition coefficient (Wildman–Crippen LogP) is 4.80. The van der Waals surface area contributed by atoms with Crippen LogP contribution in [-0.4, -0.2) is 56.0 Å². The SMILES string of the molecule is Cc1cc(C)c2nc(N(CC3CCCO3)C(=O)C3CCN(S(=O)(=O)c4cc(F)ccc4F)CC3)sc2c1. The van der Waals surface area contributed by atoms with Crippen LogP contribution in [0.4, 0.5) is 13.9 Å². The van der Waals surface area contributed by atoms with Gasteiger partial charge in [0.25, 0.3) is 0 Å². The van der Waals surface area contributed by atoms with Gasteiger partial charge in [0.15, 0.2) is 5.13 Å². The predicted molar refractivity (Wildman–Crippen MR) is 138 cm³/mol. The Hall–Kier alpha value is -2.47. The Morgan fingerprint density at radius 1 is 1.16 bits per heavy atom. The van der Waals surface area contributed by atoms with Crippen molar-refractivity contribution in [2.75, 3.05) is 31.1 Å². The number of benzene rings is 2. The minimum atomic E-state index is -4.22. The van der Waals surface area contributed by atoms with Crippen LogP contribution < -0.4 is 4.90 Å². The van der Waals surface area contributed by atoms with Crippen LogP contribution >= 0.6 is 11.3 Å². The maximum atomic E-state index is 14.2. The molecule has 11 heteroatoms. The number of halogens is 2. The topological polar surface area (TPSA) is 79.8 Å². The molecule has 0 aliphatic carbocycles. The Kier molecular flexibility index (Phi) is 7.32. The first-order valence-electron chi connectivity index (χ1n) is 12.4. The molecule has 0 radical (unpaired) electrons. The summed E-state index contributed by atoms with van der Waals surface area (Å²) in [5.74, 6) is -2.35. The summed E-state index contributed by atoms with van der Waals surface area (Å²) in [6, 6.07) is 6.51. The molecule has 2 saturated heterocycles. The number of hydrogen-bond donors (Lipinski definition) is 0. The molecule has 0 N–H and O–H groups in total. The lowest BCUT2D eigenvalue weighted by molar-refractivity contribution is -0.123. The quantitative estimate of drug-likeness (QED) is 0.441.